The Morgan fingerprint density at radius 1 is 1.12 bits per heavy atom. The Kier molecular flexibility index (Phi) is 9.45. The van der Waals surface area contributed by atoms with Crippen LogP contribution in [0.2, 0.25) is 10.0 Å². The molecule has 1 saturated carbocycles. The first kappa shape index (κ1) is 25.4. The van der Waals surface area contributed by atoms with Crippen molar-refractivity contribution in [3.8, 4) is 5.75 Å². The van der Waals surface area contributed by atoms with Crippen LogP contribution in [0.3, 0.4) is 0 Å². The van der Waals surface area contributed by atoms with Crippen molar-refractivity contribution < 1.29 is 14.3 Å². The molecule has 0 spiro atoms. The zero-order valence-corrected chi connectivity index (χ0v) is 20.8. The van der Waals surface area contributed by atoms with Crippen LogP contribution in [0.25, 0.3) is 0 Å². The Labute approximate surface area is 206 Å². The fourth-order valence-electron chi connectivity index (χ4n) is 4.29. The van der Waals surface area contributed by atoms with Gasteiger partial charge in [0.2, 0.25) is 5.91 Å². The molecule has 0 unspecified atom stereocenters. The van der Waals surface area contributed by atoms with Crippen LogP contribution < -0.4 is 10.1 Å². The fraction of sp³-hybridized carbons (Fsp3) is 0.462. The van der Waals surface area contributed by atoms with Gasteiger partial charge in [-0.15, -0.1) is 0 Å². The summed E-state index contributed by atoms with van der Waals surface area (Å²) in [4.78, 5) is 28.2. The third-order valence-corrected chi connectivity index (χ3v) is 6.55. The van der Waals surface area contributed by atoms with Crippen molar-refractivity contribution in [2.45, 2.75) is 71.0 Å². The van der Waals surface area contributed by atoms with E-state index in [1.54, 1.807) is 23.1 Å². The van der Waals surface area contributed by atoms with Crippen LogP contribution in [-0.4, -0.2) is 35.4 Å². The number of ether oxygens (including phenoxy) is 1. The topological polar surface area (TPSA) is 58.6 Å². The SMILES string of the molecule is CC[C@H](C(=O)NC1CCCCC1)N(Cc1cccc(C)c1)C(=O)COc1ccc(Cl)cc1Cl. The van der Waals surface area contributed by atoms with Crippen LogP contribution in [0.4, 0.5) is 0 Å². The Morgan fingerprint density at radius 2 is 1.88 bits per heavy atom. The van der Waals surface area contributed by atoms with Gasteiger partial charge in [-0.05, 0) is 49.9 Å². The van der Waals surface area contributed by atoms with E-state index in [0.29, 0.717) is 28.8 Å². The number of hydrogen-bond donors (Lipinski definition) is 1. The van der Waals surface area contributed by atoms with Gasteiger partial charge >= 0.3 is 0 Å². The highest BCUT2D eigenvalue weighted by Gasteiger charge is 2.30. The first-order valence-electron chi connectivity index (χ1n) is 11.6. The number of carbonyl (C=O) groups is 2. The molecular weight excluding hydrogens is 459 g/mol. The van der Waals surface area contributed by atoms with Crippen LogP contribution >= 0.6 is 23.2 Å². The summed E-state index contributed by atoms with van der Waals surface area (Å²) in [5, 5.41) is 4.01. The number of benzene rings is 2. The molecule has 1 aliphatic rings. The van der Waals surface area contributed by atoms with Crippen molar-refractivity contribution in [1.82, 2.24) is 10.2 Å². The Bertz CT molecular complexity index is 960. The molecule has 0 bridgehead atoms. The highest BCUT2D eigenvalue weighted by molar-refractivity contribution is 6.35. The van der Waals surface area contributed by atoms with Crippen LogP contribution in [-0.2, 0) is 16.1 Å². The lowest BCUT2D eigenvalue weighted by Crippen LogP contribution is -2.52. The quantitative estimate of drug-likeness (QED) is 0.473. The molecule has 33 heavy (non-hydrogen) atoms. The average Bonchev–Trinajstić information content (AvgIpc) is 2.79. The molecular formula is C26H32Cl2N2O3. The highest BCUT2D eigenvalue weighted by atomic mass is 35.5. The molecule has 0 saturated heterocycles. The van der Waals surface area contributed by atoms with Gasteiger partial charge in [-0.1, -0.05) is 79.2 Å². The lowest BCUT2D eigenvalue weighted by atomic mass is 9.95. The summed E-state index contributed by atoms with van der Waals surface area (Å²) in [5.74, 6) is 0.00715. The van der Waals surface area contributed by atoms with Gasteiger partial charge in [0.15, 0.2) is 6.61 Å². The summed E-state index contributed by atoms with van der Waals surface area (Å²) in [5.41, 5.74) is 2.07. The van der Waals surface area contributed by atoms with Crippen molar-refractivity contribution in [3.05, 3.63) is 63.6 Å². The van der Waals surface area contributed by atoms with E-state index >= 15 is 0 Å². The van der Waals surface area contributed by atoms with E-state index in [0.717, 1.165) is 36.8 Å². The van der Waals surface area contributed by atoms with E-state index in [9.17, 15) is 9.59 Å². The van der Waals surface area contributed by atoms with E-state index in [1.165, 1.54) is 6.42 Å². The predicted octanol–water partition coefficient (Wildman–Crippen LogP) is 5.94. The lowest BCUT2D eigenvalue weighted by Gasteiger charge is -2.32. The summed E-state index contributed by atoms with van der Waals surface area (Å²) >= 11 is 12.1. The lowest BCUT2D eigenvalue weighted by molar-refractivity contribution is -0.143. The van der Waals surface area contributed by atoms with Gasteiger partial charge in [0.25, 0.3) is 5.91 Å². The molecule has 2 aromatic carbocycles. The van der Waals surface area contributed by atoms with Crippen molar-refractivity contribution in [3.63, 3.8) is 0 Å². The zero-order chi connectivity index (χ0) is 23.8. The minimum Gasteiger partial charge on any atom is -0.482 e. The van der Waals surface area contributed by atoms with Gasteiger partial charge in [-0.25, -0.2) is 0 Å². The van der Waals surface area contributed by atoms with Crippen LogP contribution in [0.15, 0.2) is 42.5 Å². The molecule has 0 heterocycles. The second-order valence-corrected chi connectivity index (χ2v) is 9.49. The minimum absolute atomic E-state index is 0.102. The van der Waals surface area contributed by atoms with Crippen molar-refractivity contribution in [1.29, 1.82) is 0 Å². The summed E-state index contributed by atoms with van der Waals surface area (Å²) in [6, 6.07) is 12.4. The van der Waals surface area contributed by atoms with Gasteiger partial charge < -0.3 is 15.0 Å². The van der Waals surface area contributed by atoms with E-state index < -0.39 is 6.04 Å². The molecule has 0 aromatic heterocycles. The second kappa shape index (κ2) is 12.3. The smallest absolute Gasteiger partial charge is 0.261 e. The summed E-state index contributed by atoms with van der Waals surface area (Å²) in [6.45, 7) is 4.04. The molecule has 1 atom stereocenters. The van der Waals surface area contributed by atoms with Crippen molar-refractivity contribution in [2.75, 3.05) is 6.61 Å². The monoisotopic (exact) mass is 490 g/mol. The number of halogens is 2. The standard InChI is InChI=1S/C26H32Cl2N2O3/c1-3-23(26(32)29-21-10-5-4-6-11-21)30(16-19-9-7-8-18(2)14-19)25(31)17-33-24-13-12-20(27)15-22(24)28/h7-9,12-15,21,23H,3-6,10-11,16-17H2,1-2H3,(H,29,32)/t23-/m1/s1. The number of amides is 2. The molecule has 5 nitrogen and oxygen atoms in total. The molecule has 2 amide bonds. The van der Waals surface area contributed by atoms with E-state index in [-0.39, 0.29) is 24.5 Å². The van der Waals surface area contributed by atoms with Gasteiger partial charge in [0.05, 0.1) is 5.02 Å². The second-order valence-electron chi connectivity index (χ2n) is 8.64. The maximum Gasteiger partial charge on any atom is 0.261 e. The maximum absolute atomic E-state index is 13.3. The number of nitrogens with zero attached hydrogens (tertiary/aromatic N) is 1. The average molecular weight is 491 g/mol. The Balaban J connectivity index is 1.77. The van der Waals surface area contributed by atoms with E-state index in [4.69, 9.17) is 27.9 Å². The highest BCUT2D eigenvalue weighted by Crippen LogP contribution is 2.27. The summed E-state index contributed by atoms with van der Waals surface area (Å²) in [6.07, 6.45) is 5.97. The molecule has 1 aliphatic carbocycles. The number of aryl methyl sites for hydroxylation is 1. The fourth-order valence-corrected chi connectivity index (χ4v) is 4.75. The third kappa shape index (κ3) is 7.38. The van der Waals surface area contributed by atoms with Gasteiger partial charge in [0, 0.05) is 17.6 Å². The third-order valence-electron chi connectivity index (χ3n) is 6.02. The number of nitrogens with one attached hydrogen (secondary N) is 1. The van der Waals surface area contributed by atoms with Crippen LogP contribution in [0.1, 0.15) is 56.6 Å². The Hall–Kier alpha value is -2.24. The molecule has 0 radical (unpaired) electrons. The zero-order valence-electron chi connectivity index (χ0n) is 19.3. The minimum atomic E-state index is -0.579. The van der Waals surface area contributed by atoms with E-state index in [1.807, 2.05) is 38.1 Å². The molecule has 1 N–H and O–H groups in total. The molecule has 2 aromatic rings. The van der Waals surface area contributed by atoms with Gasteiger partial charge in [-0.3, -0.25) is 9.59 Å². The van der Waals surface area contributed by atoms with Crippen LogP contribution in [0.5, 0.6) is 5.75 Å². The molecule has 178 valence electrons. The first-order valence-corrected chi connectivity index (χ1v) is 12.4. The normalized spacial score (nSPS) is 15.0. The number of carbonyl (C=O) groups excluding carboxylic acids is 2. The van der Waals surface area contributed by atoms with E-state index in [2.05, 4.69) is 5.32 Å². The predicted molar refractivity (Wildman–Crippen MR) is 133 cm³/mol. The number of rotatable bonds is 9. The largest absolute Gasteiger partial charge is 0.482 e. The van der Waals surface area contributed by atoms with Gasteiger partial charge in [0.1, 0.15) is 11.8 Å². The van der Waals surface area contributed by atoms with Crippen molar-refractivity contribution >= 4 is 35.0 Å². The summed E-state index contributed by atoms with van der Waals surface area (Å²) < 4.78 is 5.71. The van der Waals surface area contributed by atoms with Crippen molar-refractivity contribution in [2.24, 2.45) is 0 Å². The first-order chi connectivity index (χ1) is 15.9. The molecule has 7 heteroatoms. The summed E-state index contributed by atoms with van der Waals surface area (Å²) in [7, 11) is 0. The maximum atomic E-state index is 13.3. The van der Waals surface area contributed by atoms with Gasteiger partial charge in [-0.2, -0.15) is 0 Å². The molecule has 3 rings (SSSR count). The number of hydrogen-bond acceptors (Lipinski definition) is 3. The molecule has 1 fully saturated rings. The van der Waals surface area contributed by atoms with Crippen LogP contribution in [0, 0.1) is 6.92 Å². The molecule has 0 aliphatic heterocycles. The Morgan fingerprint density at radius 3 is 2.55 bits per heavy atom.